The van der Waals surface area contributed by atoms with Gasteiger partial charge in [0.05, 0.1) is 5.69 Å². The Morgan fingerprint density at radius 1 is 1.29 bits per heavy atom. The first kappa shape index (κ1) is 22.1. The van der Waals surface area contributed by atoms with Gasteiger partial charge in [-0.05, 0) is 44.1 Å². The Morgan fingerprint density at radius 2 is 2.15 bits per heavy atom. The van der Waals surface area contributed by atoms with Crippen LogP contribution in [0.1, 0.15) is 56.0 Å². The molecule has 1 saturated heterocycles. The van der Waals surface area contributed by atoms with Crippen LogP contribution in [0.5, 0.6) is 0 Å². The topological polar surface area (TPSA) is 126 Å². The Hall–Kier alpha value is -3.76. The van der Waals surface area contributed by atoms with Crippen molar-refractivity contribution in [2.75, 3.05) is 22.1 Å². The molecule has 3 aromatic rings. The highest BCUT2D eigenvalue weighted by atomic mass is 19.1. The SMILES string of the molecule is CC(C)c1cc(Nc2nc(N3CCCC3C(=O)Nc3ccc(F)[n+]([O-])c3)nc3c2CCC3)n[nH]1. The molecule has 3 aromatic heterocycles. The maximum absolute atomic E-state index is 13.3. The van der Waals surface area contributed by atoms with Gasteiger partial charge in [-0.3, -0.25) is 9.89 Å². The molecule has 4 heterocycles. The molecule has 0 saturated carbocycles. The summed E-state index contributed by atoms with van der Waals surface area (Å²) in [6.07, 6.45) is 5.21. The van der Waals surface area contributed by atoms with Crippen molar-refractivity contribution in [2.45, 2.75) is 57.9 Å². The van der Waals surface area contributed by atoms with Gasteiger partial charge in [0, 0.05) is 29.9 Å². The summed E-state index contributed by atoms with van der Waals surface area (Å²) < 4.78 is 13.4. The number of H-pyrrole nitrogens is 1. The smallest absolute Gasteiger partial charge is 0.371 e. The quantitative estimate of drug-likeness (QED) is 0.290. The number of carbonyl (C=O) groups is 1. The zero-order valence-corrected chi connectivity index (χ0v) is 19.1. The molecule has 1 unspecified atom stereocenters. The lowest BCUT2D eigenvalue weighted by atomic mass is 10.1. The van der Waals surface area contributed by atoms with E-state index in [1.54, 1.807) is 0 Å². The summed E-state index contributed by atoms with van der Waals surface area (Å²) >= 11 is 0. The van der Waals surface area contributed by atoms with Gasteiger partial charge in [0.2, 0.25) is 18.1 Å². The van der Waals surface area contributed by atoms with E-state index in [2.05, 4.69) is 34.7 Å². The third kappa shape index (κ3) is 4.25. The third-order valence-electron chi connectivity index (χ3n) is 6.33. The molecule has 10 nitrogen and oxygen atoms in total. The van der Waals surface area contributed by atoms with Crippen LogP contribution in [-0.2, 0) is 17.6 Å². The van der Waals surface area contributed by atoms with Crippen molar-refractivity contribution in [1.82, 2.24) is 20.2 Å². The second-order valence-electron chi connectivity index (χ2n) is 9.05. The number of aromatic amines is 1. The summed E-state index contributed by atoms with van der Waals surface area (Å²) in [5.41, 5.74) is 3.35. The van der Waals surface area contributed by atoms with E-state index in [9.17, 15) is 14.4 Å². The molecule has 0 spiro atoms. The van der Waals surface area contributed by atoms with Gasteiger partial charge in [0.25, 0.3) is 0 Å². The van der Waals surface area contributed by atoms with E-state index in [0.717, 1.165) is 60.7 Å². The highest BCUT2D eigenvalue weighted by Gasteiger charge is 2.34. The second-order valence-corrected chi connectivity index (χ2v) is 9.05. The van der Waals surface area contributed by atoms with Crippen LogP contribution in [-0.4, -0.2) is 38.7 Å². The molecule has 178 valence electrons. The molecule has 11 heteroatoms. The van der Waals surface area contributed by atoms with Gasteiger partial charge < -0.3 is 20.7 Å². The molecule has 5 rings (SSSR count). The predicted molar refractivity (Wildman–Crippen MR) is 124 cm³/mol. The van der Waals surface area contributed by atoms with E-state index in [1.165, 1.54) is 6.07 Å². The van der Waals surface area contributed by atoms with Crippen molar-refractivity contribution in [3.8, 4) is 0 Å². The molecule has 3 N–H and O–H groups in total. The van der Waals surface area contributed by atoms with Gasteiger partial charge in [-0.15, -0.1) is 9.12 Å². The molecule has 0 bridgehead atoms. The fraction of sp³-hybridized carbons (Fsp3) is 0.435. The minimum atomic E-state index is -0.926. The lowest BCUT2D eigenvalue weighted by Gasteiger charge is -2.25. The van der Waals surface area contributed by atoms with E-state index >= 15 is 0 Å². The number of amides is 1. The highest BCUT2D eigenvalue weighted by Crippen LogP contribution is 2.33. The molecule has 0 aromatic carbocycles. The van der Waals surface area contributed by atoms with E-state index in [1.807, 2.05) is 11.0 Å². The number of fused-ring (bicyclic) bond motifs is 1. The zero-order valence-electron chi connectivity index (χ0n) is 19.1. The molecular weight excluding hydrogens is 439 g/mol. The van der Waals surface area contributed by atoms with Gasteiger partial charge in [0.15, 0.2) is 5.82 Å². The number of nitrogens with one attached hydrogen (secondary N) is 3. The minimum absolute atomic E-state index is 0.0866. The first-order valence-electron chi connectivity index (χ1n) is 11.6. The summed E-state index contributed by atoms with van der Waals surface area (Å²) in [5.74, 6) is 1.03. The summed E-state index contributed by atoms with van der Waals surface area (Å²) in [5, 5.41) is 25.0. The summed E-state index contributed by atoms with van der Waals surface area (Å²) in [4.78, 5) is 24.5. The number of aryl methyl sites for hydroxylation is 1. The number of nitrogens with zero attached hydrogens (tertiary/aromatic N) is 5. The fourth-order valence-corrected chi connectivity index (χ4v) is 4.51. The predicted octanol–water partition coefficient (Wildman–Crippen LogP) is 2.94. The highest BCUT2D eigenvalue weighted by molar-refractivity contribution is 5.96. The van der Waals surface area contributed by atoms with Crippen LogP contribution in [0, 0.1) is 11.2 Å². The maximum atomic E-state index is 13.3. The van der Waals surface area contributed by atoms with Crippen LogP contribution in [0.3, 0.4) is 0 Å². The molecule has 1 fully saturated rings. The van der Waals surface area contributed by atoms with Crippen molar-refractivity contribution < 1.29 is 13.9 Å². The third-order valence-corrected chi connectivity index (χ3v) is 6.33. The van der Waals surface area contributed by atoms with Crippen LogP contribution < -0.4 is 20.3 Å². The standard InChI is InChI=1S/C23H27FN8O2/c1-13(2)17-11-20(30-29-17)27-21-15-5-3-6-16(15)26-23(28-21)31-10-4-7-18(31)22(33)25-14-8-9-19(24)32(34)12-14/h8-9,11-13,18H,3-7,10H2,1-2H3,(H,25,33)(H2,26,27,28,29,30). The number of pyridine rings is 1. The van der Waals surface area contributed by atoms with Gasteiger partial charge in [0.1, 0.15) is 17.5 Å². The lowest BCUT2D eigenvalue weighted by molar-refractivity contribution is -0.636. The van der Waals surface area contributed by atoms with E-state index in [4.69, 9.17) is 9.97 Å². The van der Waals surface area contributed by atoms with Gasteiger partial charge >= 0.3 is 5.95 Å². The van der Waals surface area contributed by atoms with Crippen molar-refractivity contribution in [1.29, 1.82) is 0 Å². The lowest BCUT2D eigenvalue weighted by Crippen LogP contribution is -2.41. The number of rotatable bonds is 6. The molecule has 1 amide bonds. The summed E-state index contributed by atoms with van der Waals surface area (Å²) in [6.45, 7) is 4.83. The van der Waals surface area contributed by atoms with Crippen LogP contribution in [0.2, 0.25) is 0 Å². The Bertz CT molecular complexity index is 1230. The first-order valence-corrected chi connectivity index (χ1v) is 11.6. The van der Waals surface area contributed by atoms with Crippen molar-refractivity contribution >= 4 is 29.2 Å². The van der Waals surface area contributed by atoms with Crippen LogP contribution >= 0.6 is 0 Å². The normalized spacial score (nSPS) is 17.3. The number of anilines is 4. The van der Waals surface area contributed by atoms with Crippen molar-refractivity contribution in [3.05, 3.63) is 52.5 Å². The number of halogens is 1. The minimum Gasteiger partial charge on any atom is -0.617 e. The van der Waals surface area contributed by atoms with Gasteiger partial charge in [-0.25, -0.2) is 4.98 Å². The average Bonchev–Trinajstić information content (AvgIpc) is 3.56. The van der Waals surface area contributed by atoms with E-state index in [0.29, 0.717) is 30.6 Å². The second kappa shape index (κ2) is 8.88. The van der Waals surface area contributed by atoms with Crippen LogP contribution in [0.4, 0.5) is 27.7 Å². The van der Waals surface area contributed by atoms with Crippen LogP contribution in [0.25, 0.3) is 0 Å². The Labute approximate surface area is 196 Å². The maximum Gasteiger partial charge on any atom is 0.371 e. The van der Waals surface area contributed by atoms with Crippen molar-refractivity contribution in [2.24, 2.45) is 0 Å². The molecule has 1 atom stereocenters. The Morgan fingerprint density at radius 3 is 2.91 bits per heavy atom. The molecule has 34 heavy (non-hydrogen) atoms. The van der Waals surface area contributed by atoms with E-state index < -0.39 is 12.0 Å². The summed E-state index contributed by atoms with van der Waals surface area (Å²) in [7, 11) is 0. The number of aromatic nitrogens is 5. The monoisotopic (exact) mass is 466 g/mol. The molecule has 1 aliphatic carbocycles. The molecule has 2 aliphatic rings. The Kier molecular flexibility index (Phi) is 5.76. The van der Waals surface area contributed by atoms with E-state index in [-0.39, 0.29) is 16.3 Å². The zero-order chi connectivity index (χ0) is 23.8. The summed E-state index contributed by atoms with van der Waals surface area (Å²) in [6, 6.07) is 3.88. The van der Waals surface area contributed by atoms with Crippen LogP contribution in [0.15, 0.2) is 24.4 Å². The number of hydrogen-bond acceptors (Lipinski definition) is 7. The molecule has 1 aliphatic heterocycles. The van der Waals surface area contributed by atoms with Gasteiger partial charge in [-0.2, -0.15) is 10.1 Å². The van der Waals surface area contributed by atoms with Crippen molar-refractivity contribution in [3.63, 3.8) is 0 Å². The fourth-order valence-electron chi connectivity index (χ4n) is 4.51. The average molecular weight is 467 g/mol. The number of hydrogen-bond donors (Lipinski definition) is 3. The largest absolute Gasteiger partial charge is 0.617 e. The Balaban J connectivity index is 1.40. The number of carbonyl (C=O) groups excluding carboxylic acids is 1. The molecule has 0 radical (unpaired) electrons. The first-order chi connectivity index (χ1) is 16.4. The van der Waals surface area contributed by atoms with Gasteiger partial charge in [-0.1, -0.05) is 13.8 Å². The molecular formula is C23H27FN8O2.